The first-order valence-corrected chi connectivity index (χ1v) is 7.54. The van der Waals surface area contributed by atoms with Crippen molar-refractivity contribution in [3.63, 3.8) is 0 Å². The molecule has 0 aliphatic carbocycles. The van der Waals surface area contributed by atoms with Gasteiger partial charge in [-0.3, -0.25) is 4.72 Å². The fraction of sp³-hybridized carbons (Fsp3) is 0.800. The minimum atomic E-state index is -1.13. The third-order valence-corrected chi connectivity index (χ3v) is 3.75. The van der Waals surface area contributed by atoms with Crippen LogP contribution in [0.1, 0.15) is 39.5 Å². The lowest BCUT2D eigenvalue weighted by molar-refractivity contribution is 0.191. The molecule has 8 heteroatoms. The quantitative estimate of drug-likeness (QED) is 0.364. The highest BCUT2D eigenvalue weighted by atomic mass is 32.2. The summed E-state index contributed by atoms with van der Waals surface area (Å²) < 4.78 is 3.61. The molecule has 0 aromatic rings. The molecule has 0 aliphatic heterocycles. The van der Waals surface area contributed by atoms with Gasteiger partial charge in [-0.05, 0) is 37.9 Å². The van der Waals surface area contributed by atoms with Gasteiger partial charge in [-0.25, -0.2) is 4.79 Å². The normalized spacial score (nSPS) is 9.94. The number of hydrogen-bond acceptors (Lipinski definition) is 4. The maximum absolute atomic E-state index is 10.6. The molecule has 18 heavy (non-hydrogen) atoms. The molecule has 106 valence electrons. The Morgan fingerprint density at radius 1 is 1.33 bits per heavy atom. The molecule has 0 aromatic carbocycles. The van der Waals surface area contributed by atoms with Gasteiger partial charge in [0.15, 0.2) is 5.11 Å². The van der Waals surface area contributed by atoms with Crippen LogP contribution in [0, 0.1) is 0 Å². The predicted molar refractivity (Wildman–Crippen MR) is 83.6 cm³/mol. The van der Waals surface area contributed by atoms with Gasteiger partial charge in [-0.15, -0.1) is 0 Å². The van der Waals surface area contributed by atoms with Crippen molar-refractivity contribution >= 4 is 48.4 Å². The number of hydrogen-bond donors (Lipinski definition) is 3. The number of amides is 1. The first kappa shape index (κ1) is 17.7. The van der Waals surface area contributed by atoms with E-state index in [1.807, 2.05) is 0 Å². The Hall–Kier alpha value is -0.340. The lowest BCUT2D eigenvalue weighted by Crippen LogP contribution is -2.39. The van der Waals surface area contributed by atoms with E-state index >= 15 is 0 Å². The molecule has 5 nitrogen and oxygen atoms in total. The zero-order valence-electron chi connectivity index (χ0n) is 10.8. The lowest BCUT2D eigenvalue weighted by Gasteiger charge is -2.25. The van der Waals surface area contributed by atoms with E-state index in [0.29, 0.717) is 5.11 Å². The van der Waals surface area contributed by atoms with Crippen LogP contribution in [0.25, 0.3) is 0 Å². The molecule has 0 bridgehead atoms. The van der Waals surface area contributed by atoms with Gasteiger partial charge in [0, 0.05) is 13.1 Å². The van der Waals surface area contributed by atoms with Gasteiger partial charge in [-0.2, -0.15) is 3.71 Å². The largest absolute Gasteiger partial charge is 0.464 e. The Balaban J connectivity index is 4.14. The van der Waals surface area contributed by atoms with E-state index in [-0.39, 0.29) is 0 Å². The molecule has 1 amide bonds. The first-order chi connectivity index (χ1) is 8.52. The predicted octanol–water partition coefficient (Wildman–Crippen LogP) is 3.15. The first-order valence-electron chi connectivity index (χ1n) is 5.96. The molecule has 0 fully saturated rings. The highest BCUT2D eigenvalue weighted by Crippen LogP contribution is 2.10. The molecular weight excluding hydrogens is 290 g/mol. The van der Waals surface area contributed by atoms with Gasteiger partial charge in [0.2, 0.25) is 0 Å². The fourth-order valence-corrected chi connectivity index (χ4v) is 1.99. The van der Waals surface area contributed by atoms with Crippen LogP contribution >= 0.6 is 37.2 Å². The molecule has 0 rings (SSSR count). The summed E-state index contributed by atoms with van der Waals surface area (Å²) in [5.41, 5.74) is 0. The number of thiocarbonyl (C=S) groups is 1. The van der Waals surface area contributed by atoms with E-state index in [2.05, 4.69) is 36.3 Å². The average Bonchev–Trinajstić information content (AvgIpc) is 2.35. The Labute approximate surface area is 124 Å². The summed E-state index contributed by atoms with van der Waals surface area (Å²) in [6, 6.07) is 0. The van der Waals surface area contributed by atoms with Crippen molar-refractivity contribution < 1.29 is 9.90 Å². The average molecular weight is 311 g/mol. The molecule has 0 spiro atoms. The summed E-state index contributed by atoms with van der Waals surface area (Å²) in [4.78, 5) is 12.6. The highest BCUT2D eigenvalue weighted by molar-refractivity contribution is 8.05. The number of thiol groups is 1. The van der Waals surface area contributed by atoms with Crippen molar-refractivity contribution in [2.45, 2.75) is 39.5 Å². The van der Waals surface area contributed by atoms with Crippen LogP contribution in [0.2, 0.25) is 0 Å². The number of unbranched alkanes of at least 4 members (excludes halogenated alkanes) is 2. The van der Waals surface area contributed by atoms with Gasteiger partial charge < -0.3 is 10.0 Å². The van der Waals surface area contributed by atoms with Gasteiger partial charge in [0.1, 0.15) is 0 Å². The van der Waals surface area contributed by atoms with Gasteiger partial charge in [0.05, 0.1) is 12.1 Å². The summed E-state index contributed by atoms with van der Waals surface area (Å²) in [5.74, 6) is 0. The highest BCUT2D eigenvalue weighted by Gasteiger charge is 2.12. The van der Waals surface area contributed by atoms with Crippen LogP contribution < -0.4 is 4.72 Å². The Kier molecular flexibility index (Phi) is 10.4. The Morgan fingerprint density at radius 2 is 1.83 bits per heavy atom. The second-order valence-electron chi connectivity index (χ2n) is 3.75. The van der Waals surface area contributed by atoms with E-state index in [9.17, 15) is 4.79 Å². The number of nitrogens with zero attached hydrogens (tertiary/aromatic N) is 2. The SMILES string of the molecule is CCCCN(CCCC)C(=S)NSN(S)C(=O)O. The second-order valence-corrected chi connectivity index (χ2v) is 5.56. The number of carboxylic acid groups (broad SMARTS) is 1. The lowest BCUT2D eigenvalue weighted by atomic mass is 10.3. The Morgan fingerprint density at radius 3 is 2.22 bits per heavy atom. The zero-order chi connectivity index (χ0) is 14.0. The third-order valence-electron chi connectivity index (χ3n) is 2.23. The smallest absolute Gasteiger partial charge is 0.429 e. The standard InChI is InChI=1S/C10H21N3O2S3/c1-3-5-7-12(8-6-4-2)9(16)11-18-13(17)10(14)15/h17H,3-8H2,1-2H3,(H,11,16)(H,14,15). The van der Waals surface area contributed by atoms with Gasteiger partial charge in [-0.1, -0.05) is 26.7 Å². The summed E-state index contributed by atoms with van der Waals surface area (Å²) in [6.45, 7) is 6.04. The Bertz CT molecular complexity index is 259. The van der Waals surface area contributed by atoms with Crippen molar-refractivity contribution in [1.29, 1.82) is 0 Å². The molecule has 0 aromatic heterocycles. The topological polar surface area (TPSA) is 55.8 Å². The number of nitrogens with one attached hydrogen (secondary N) is 1. The molecule has 0 unspecified atom stereocenters. The van der Waals surface area contributed by atoms with E-state index in [4.69, 9.17) is 17.3 Å². The van der Waals surface area contributed by atoms with Crippen molar-refractivity contribution in [1.82, 2.24) is 13.3 Å². The summed E-state index contributed by atoms with van der Waals surface area (Å²) in [5, 5.41) is 9.21. The minimum absolute atomic E-state index is 0.558. The third kappa shape index (κ3) is 7.88. The summed E-state index contributed by atoms with van der Waals surface area (Å²) >= 11 is 9.87. The van der Waals surface area contributed by atoms with Crippen LogP contribution in [-0.4, -0.2) is 38.0 Å². The second kappa shape index (κ2) is 10.6. The molecule has 0 heterocycles. The number of rotatable bonds is 8. The molecule has 0 aliphatic rings. The molecule has 2 N–H and O–H groups in total. The van der Waals surface area contributed by atoms with Crippen LogP contribution in [0.4, 0.5) is 4.79 Å². The summed E-state index contributed by atoms with van der Waals surface area (Å²) in [6.07, 6.45) is 3.21. The van der Waals surface area contributed by atoms with Crippen LogP contribution in [0.15, 0.2) is 0 Å². The van der Waals surface area contributed by atoms with Crippen molar-refractivity contribution in [3.8, 4) is 0 Å². The molecule has 0 radical (unpaired) electrons. The van der Waals surface area contributed by atoms with Crippen molar-refractivity contribution in [2.24, 2.45) is 0 Å². The van der Waals surface area contributed by atoms with Crippen molar-refractivity contribution in [2.75, 3.05) is 13.1 Å². The molecule has 0 saturated heterocycles. The maximum atomic E-state index is 10.6. The van der Waals surface area contributed by atoms with Crippen molar-refractivity contribution in [3.05, 3.63) is 0 Å². The van der Waals surface area contributed by atoms with Gasteiger partial charge >= 0.3 is 6.09 Å². The fourth-order valence-electron chi connectivity index (χ4n) is 1.20. The molecular formula is C10H21N3O2S3. The number of carbonyl (C=O) groups is 1. The maximum Gasteiger partial charge on any atom is 0.429 e. The molecule has 0 saturated carbocycles. The van der Waals surface area contributed by atoms with E-state index in [1.54, 1.807) is 0 Å². The van der Waals surface area contributed by atoms with E-state index in [1.165, 1.54) is 0 Å². The van der Waals surface area contributed by atoms with Gasteiger partial charge in [0.25, 0.3) is 0 Å². The summed E-state index contributed by atoms with van der Waals surface area (Å²) in [7, 11) is 0. The monoisotopic (exact) mass is 311 g/mol. The van der Waals surface area contributed by atoms with E-state index < -0.39 is 6.09 Å². The van der Waals surface area contributed by atoms with Crippen LogP contribution in [0.3, 0.4) is 0 Å². The molecule has 0 atom stereocenters. The van der Waals surface area contributed by atoms with Crippen LogP contribution in [0.5, 0.6) is 0 Å². The minimum Gasteiger partial charge on any atom is -0.464 e. The van der Waals surface area contributed by atoms with Crippen LogP contribution in [-0.2, 0) is 0 Å². The zero-order valence-corrected chi connectivity index (χ0v) is 13.3. The van der Waals surface area contributed by atoms with E-state index in [0.717, 1.165) is 54.6 Å².